The number of hydrogen-bond acceptors (Lipinski definition) is 3. The molecule has 2 atom stereocenters. The first-order valence-electron chi connectivity index (χ1n) is 4.95. The van der Waals surface area contributed by atoms with Crippen molar-refractivity contribution in [2.75, 3.05) is 27.7 Å². The third-order valence-corrected chi connectivity index (χ3v) is 2.36. The summed E-state index contributed by atoms with van der Waals surface area (Å²) in [5.74, 6) is 0.0955. The summed E-state index contributed by atoms with van der Waals surface area (Å²) in [7, 11) is 5.40. The van der Waals surface area contributed by atoms with Crippen LogP contribution in [0.25, 0.3) is 0 Å². The Bertz CT molecular complexity index is 181. The zero-order valence-corrected chi connectivity index (χ0v) is 9.82. The molecule has 0 saturated carbocycles. The number of rotatable bonds is 5. The zero-order valence-electron chi connectivity index (χ0n) is 9.82. The molecule has 0 rings (SSSR count). The van der Waals surface area contributed by atoms with Gasteiger partial charge in [-0.3, -0.25) is 9.69 Å². The lowest BCUT2D eigenvalue weighted by Crippen LogP contribution is -2.43. The second-order valence-corrected chi connectivity index (χ2v) is 4.03. The Hall–Kier alpha value is -0.610. The van der Waals surface area contributed by atoms with Crippen LogP contribution in [-0.4, -0.2) is 60.6 Å². The first-order valence-corrected chi connectivity index (χ1v) is 4.95. The van der Waals surface area contributed by atoms with Crippen LogP contribution in [0.1, 0.15) is 20.3 Å². The first kappa shape index (κ1) is 13.4. The van der Waals surface area contributed by atoms with Gasteiger partial charge in [0.2, 0.25) is 5.91 Å². The van der Waals surface area contributed by atoms with Crippen molar-refractivity contribution in [2.24, 2.45) is 0 Å². The molecule has 0 radical (unpaired) electrons. The first-order chi connectivity index (χ1) is 6.36. The van der Waals surface area contributed by atoms with Gasteiger partial charge in [0.25, 0.3) is 0 Å². The van der Waals surface area contributed by atoms with Crippen LogP contribution in [0.3, 0.4) is 0 Å². The molecule has 0 aliphatic rings. The van der Waals surface area contributed by atoms with Gasteiger partial charge in [-0.05, 0) is 27.3 Å². The van der Waals surface area contributed by atoms with E-state index in [9.17, 15) is 4.79 Å². The molecule has 0 saturated heterocycles. The minimum atomic E-state index is -0.306. The summed E-state index contributed by atoms with van der Waals surface area (Å²) < 4.78 is 0. The van der Waals surface area contributed by atoms with E-state index in [0.717, 1.165) is 6.54 Å². The second-order valence-electron chi connectivity index (χ2n) is 4.03. The number of likely N-dealkylation sites (N-methyl/N-ethyl adjacent to an activating group) is 2. The molecule has 2 unspecified atom stereocenters. The van der Waals surface area contributed by atoms with Crippen LogP contribution < -0.4 is 0 Å². The van der Waals surface area contributed by atoms with Gasteiger partial charge in [-0.15, -0.1) is 0 Å². The molecule has 84 valence electrons. The van der Waals surface area contributed by atoms with Crippen LogP contribution in [0.15, 0.2) is 0 Å². The fourth-order valence-electron chi connectivity index (χ4n) is 1.15. The van der Waals surface area contributed by atoms with E-state index in [4.69, 9.17) is 5.11 Å². The van der Waals surface area contributed by atoms with Crippen molar-refractivity contribution in [1.82, 2.24) is 9.80 Å². The van der Waals surface area contributed by atoms with Gasteiger partial charge in [0.05, 0.1) is 12.1 Å². The molecular formula is C10H22N2O2. The van der Waals surface area contributed by atoms with Gasteiger partial charge in [-0.1, -0.05) is 0 Å². The molecule has 1 N–H and O–H groups in total. The Balaban J connectivity index is 3.98. The molecule has 0 aliphatic heterocycles. The molecule has 0 heterocycles. The van der Waals surface area contributed by atoms with Crippen molar-refractivity contribution in [3.8, 4) is 0 Å². The smallest absolute Gasteiger partial charge is 0.239 e. The van der Waals surface area contributed by atoms with Crippen molar-refractivity contribution < 1.29 is 9.90 Å². The predicted octanol–water partition coefficient (Wildman–Crippen LogP) is 0.166. The standard InChI is InChI=1S/C10H22N2O2/c1-8(13)6-7-12(5)9(2)10(14)11(3)4/h8-9,13H,6-7H2,1-5H3. The molecule has 0 aromatic heterocycles. The normalized spacial score (nSPS) is 15.4. The lowest BCUT2D eigenvalue weighted by Gasteiger charge is -2.26. The summed E-state index contributed by atoms with van der Waals surface area (Å²) in [4.78, 5) is 15.1. The quantitative estimate of drug-likeness (QED) is 0.691. The van der Waals surface area contributed by atoms with Crippen LogP contribution in [-0.2, 0) is 4.79 Å². The summed E-state index contributed by atoms with van der Waals surface area (Å²) in [6.45, 7) is 4.37. The maximum absolute atomic E-state index is 11.6. The molecule has 0 bridgehead atoms. The third kappa shape index (κ3) is 4.58. The van der Waals surface area contributed by atoms with Crippen LogP contribution in [0.4, 0.5) is 0 Å². The van der Waals surface area contributed by atoms with E-state index in [1.807, 2.05) is 18.9 Å². The fourth-order valence-corrected chi connectivity index (χ4v) is 1.15. The molecule has 14 heavy (non-hydrogen) atoms. The van der Waals surface area contributed by atoms with Gasteiger partial charge in [-0.2, -0.15) is 0 Å². The topological polar surface area (TPSA) is 43.8 Å². The molecule has 0 aromatic carbocycles. The van der Waals surface area contributed by atoms with Crippen molar-refractivity contribution in [1.29, 1.82) is 0 Å². The van der Waals surface area contributed by atoms with Gasteiger partial charge in [0.15, 0.2) is 0 Å². The minimum absolute atomic E-state index is 0.0955. The van der Waals surface area contributed by atoms with E-state index in [-0.39, 0.29) is 18.1 Å². The van der Waals surface area contributed by atoms with E-state index < -0.39 is 0 Å². The minimum Gasteiger partial charge on any atom is -0.393 e. The summed E-state index contributed by atoms with van der Waals surface area (Å²) in [5.41, 5.74) is 0. The monoisotopic (exact) mass is 202 g/mol. The largest absolute Gasteiger partial charge is 0.393 e. The van der Waals surface area contributed by atoms with Crippen molar-refractivity contribution in [3.63, 3.8) is 0 Å². The molecule has 0 aromatic rings. The van der Waals surface area contributed by atoms with E-state index in [2.05, 4.69) is 0 Å². The van der Waals surface area contributed by atoms with Gasteiger partial charge in [0, 0.05) is 20.6 Å². The van der Waals surface area contributed by atoms with Crippen molar-refractivity contribution in [3.05, 3.63) is 0 Å². The summed E-state index contributed by atoms with van der Waals surface area (Å²) in [6, 6.07) is -0.122. The highest BCUT2D eigenvalue weighted by Crippen LogP contribution is 2.01. The third-order valence-electron chi connectivity index (χ3n) is 2.36. The van der Waals surface area contributed by atoms with Crippen molar-refractivity contribution in [2.45, 2.75) is 32.4 Å². The highest BCUT2D eigenvalue weighted by atomic mass is 16.3. The number of aliphatic hydroxyl groups excluding tert-OH is 1. The maximum atomic E-state index is 11.6. The Morgan fingerprint density at radius 3 is 2.14 bits per heavy atom. The number of nitrogens with zero attached hydrogens (tertiary/aromatic N) is 2. The van der Waals surface area contributed by atoms with Gasteiger partial charge in [-0.25, -0.2) is 0 Å². The average Bonchev–Trinajstić information content (AvgIpc) is 2.11. The van der Waals surface area contributed by atoms with Gasteiger partial charge in [0.1, 0.15) is 0 Å². The zero-order chi connectivity index (χ0) is 11.3. The molecular weight excluding hydrogens is 180 g/mol. The number of carbonyl (C=O) groups excluding carboxylic acids is 1. The van der Waals surface area contributed by atoms with Crippen molar-refractivity contribution >= 4 is 5.91 Å². The summed E-state index contributed by atoms with van der Waals surface area (Å²) in [5, 5.41) is 9.11. The SMILES string of the molecule is CC(O)CCN(C)C(C)C(=O)N(C)C. The molecule has 0 fully saturated rings. The Kier molecular flexibility index (Phi) is 5.72. The highest BCUT2D eigenvalue weighted by Gasteiger charge is 2.19. The van der Waals surface area contributed by atoms with Crippen LogP contribution >= 0.6 is 0 Å². The van der Waals surface area contributed by atoms with E-state index in [0.29, 0.717) is 6.42 Å². The van der Waals surface area contributed by atoms with E-state index in [1.165, 1.54) is 0 Å². The van der Waals surface area contributed by atoms with Crippen LogP contribution in [0.2, 0.25) is 0 Å². The number of amides is 1. The Morgan fingerprint density at radius 2 is 1.79 bits per heavy atom. The van der Waals surface area contributed by atoms with E-state index in [1.54, 1.807) is 25.9 Å². The lowest BCUT2D eigenvalue weighted by molar-refractivity contribution is -0.133. The van der Waals surface area contributed by atoms with Crippen LogP contribution in [0, 0.1) is 0 Å². The predicted molar refractivity (Wildman–Crippen MR) is 57.1 cm³/mol. The molecule has 4 nitrogen and oxygen atoms in total. The number of aliphatic hydroxyl groups is 1. The average molecular weight is 202 g/mol. The second kappa shape index (κ2) is 5.98. The summed E-state index contributed by atoms with van der Waals surface area (Å²) in [6.07, 6.45) is 0.390. The number of hydrogen-bond donors (Lipinski definition) is 1. The maximum Gasteiger partial charge on any atom is 0.239 e. The molecule has 1 amide bonds. The molecule has 0 aliphatic carbocycles. The molecule has 4 heteroatoms. The number of carbonyl (C=O) groups is 1. The van der Waals surface area contributed by atoms with Crippen LogP contribution in [0.5, 0.6) is 0 Å². The fraction of sp³-hybridized carbons (Fsp3) is 0.900. The highest BCUT2D eigenvalue weighted by molar-refractivity contribution is 5.80. The Labute approximate surface area is 86.5 Å². The molecule has 0 spiro atoms. The lowest BCUT2D eigenvalue weighted by atomic mass is 10.2. The van der Waals surface area contributed by atoms with Gasteiger partial charge >= 0.3 is 0 Å². The summed E-state index contributed by atoms with van der Waals surface area (Å²) >= 11 is 0. The van der Waals surface area contributed by atoms with Gasteiger partial charge < -0.3 is 10.0 Å². The van der Waals surface area contributed by atoms with E-state index >= 15 is 0 Å². The Morgan fingerprint density at radius 1 is 1.29 bits per heavy atom.